The predicted octanol–water partition coefficient (Wildman–Crippen LogP) is 3.67. The van der Waals surface area contributed by atoms with Crippen molar-refractivity contribution >= 4 is 16.6 Å². The quantitative estimate of drug-likeness (QED) is 0.843. The monoisotopic (exact) mass is 214 g/mol. The zero-order chi connectivity index (χ0) is 11.5. The average molecular weight is 214 g/mol. The highest BCUT2D eigenvalue weighted by Crippen LogP contribution is 2.25. The smallest absolute Gasteiger partial charge is 0.0754 e. The van der Waals surface area contributed by atoms with Gasteiger partial charge in [0, 0.05) is 23.8 Å². The van der Waals surface area contributed by atoms with Crippen LogP contribution in [0.3, 0.4) is 0 Å². The maximum Gasteiger partial charge on any atom is 0.0754 e. The molecule has 1 aromatic heterocycles. The molecule has 1 N–H and O–H groups in total. The Labute approximate surface area is 96.7 Å². The van der Waals surface area contributed by atoms with Gasteiger partial charge in [0.2, 0.25) is 0 Å². The fourth-order valence-corrected chi connectivity index (χ4v) is 1.87. The number of nitrogens with one attached hydrogen (secondary N) is 1. The Morgan fingerprint density at radius 2 is 2.00 bits per heavy atom. The van der Waals surface area contributed by atoms with Gasteiger partial charge in [-0.25, -0.2) is 0 Å². The van der Waals surface area contributed by atoms with Gasteiger partial charge >= 0.3 is 0 Å². The van der Waals surface area contributed by atoms with E-state index >= 15 is 0 Å². The van der Waals surface area contributed by atoms with Crippen LogP contribution in [0.15, 0.2) is 24.4 Å². The van der Waals surface area contributed by atoms with Crippen molar-refractivity contribution in [1.82, 2.24) is 4.98 Å². The maximum absolute atomic E-state index is 4.47. The van der Waals surface area contributed by atoms with E-state index in [9.17, 15) is 0 Å². The van der Waals surface area contributed by atoms with Crippen LogP contribution in [0.5, 0.6) is 0 Å². The topological polar surface area (TPSA) is 24.9 Å². The molecule has 1 aromatic carbocycles. The molecule has 0 unspecified atom stereocenters. The minimum atomic E-state index is 1.01. The Morgan fingerprint density at radius 3 is 2.75 bits per heavy atom. The molecule has 0 aliphatic carbocycles. The number of benzene rings is 1. The van der Waals surface area contributed by atoms with Gasteiger partial charge in [-0.05, 0) is 37.5 Å². The molecule has 0 saturated heterocycles. The summed E-state index contributed by atoms with van der Waals surface area (Å²) in [5.74, 6) is 0. The van der Waals surface area contributed by atoms with Gasteiger partial charge in [0.25, 0.3) is 0 Å². The SMILES string of the molecule is CCCNc1ccnc2c(C)c(C)ccc12. The number of nitrogens with zero attached hydrogens (tertiary/aromatic N) is 1. The molecule has 0 amide bonds. The van der Waals surface area contributed by atoms with Crippen molar-refractivity contribution in [3.05, 3.63) is 35.5 Å². The summed E-state index contributed by atoms with van der Waals surface area (Å²) in [6.07, 6.45) is 3.02. The van der Waals surface area contributed by atoms with Crippen molar-refractivity contribution in [2.75, 3.05) is 11.9 Å². The molecule has 16 heavy (non-hydrogen) atoms. The van der Waals surface area contributed by atoms with Crippen LogP contribution in [0, 0.1) is 13.8 Å². The van der Waals surface area contributed by atoms with E-state index in [4.69, 9.17) is 0 Å². The molecule has 84 valence electrons. The number of aryl methyl sites for hydroxylation is 2. The highest BCUT2D eigenvalue weighted by molar-refractivity contribution is 5.93. The van der Waals surface area contributed by atoms with Crippen LogP contribution in [0.1, 0.15) is 24.5 Å². The lowest BCUT2D eigenvalue weighted by Gasteiger charge is -2.10. The highest BCUT2D eigenvalue weighted by atomic mass is 14.9. The van der Waals surface area contributed by atoms with Crippen LogP contribution in [0.4, 0.5) is 5.69 Å². The second-order valence-corrected chi connectivity index (χ2v) is 4.19. The Kier molecular flexibility index (Phi) is 3.09. The molecule has 0 saturated carbocycles. The second-order valence-electron chi connectivity index (χ2n) is 4.19. The van der Waals surface area contributed by atoms with E-state index in [1.54, 1.807) is 0 Å². The molecule has 0 fully saturated rings. The molecule has 2 heteroatoms. The molecule has 0 radical (unpaired) electrons. The first-order chi connectivity index (χ1) is 7.74. The number of pyridine rings is 1. The Bertz CT molecular complexity index is 503. The minimum absolute atomic E-state index is 1.01. The van der Waals surface area contributed by atoms with E-state index in [-0.39, 0.29) is 0 Å². The van der Waals surface area contributed by atoms with Crippen LogP contribution in [0.25, 0.3) is 10.9 Å². The van der Waals surface area contributed by atoms with Crippen molar-refractivity contribution in [3.8, 4) is 0 Å². The van der Waals surface area contributed by atoms with Crippen molar-refractivity contribution in [3.63, 3.8) is 0 Å². The fraction of sp³-hybridized carbons (Fsp3) is 0.357. The molecule has 0 aliphatic rings. The Balaban J connectivity index is 2.56. The zero-order valence-electron chi connectivity index (χ0n) is 10.2. The number of hydrogen-bond donors (Lipinski definition) is 1. The normalized spacial score (nSPS) is 10.7. The van der Waals surface area contributed by atoms with Crippen molar-refractivity contribution in [1.29, 1.82) is 0 Å². The van der Waals surface area contributed by atoms with Crippen LogP contribution in [-0.2, 0) is 0 Å². The number of anilines is 1. The van der Waals surface area contributed by atoms with E-state index < -0.39 is 0 Å². The molecule has 2 aromatic rings. The standard InChI is InChI=1S/C14H18N2/c1-4-8-15-13-7-9-16-14-11(3)10(2)5-6-12(13)14/h5-7,9H,4,8H2,1-3H3,(H,15,16). The molecule has 0 bridgehead atoms. The van der Waals surface area contributed by atoms with E-state index in [0.29, 0.717) is 0 Å². The highest BCUT2D eigenvalue weighted by Gasteiger charge is 2.05. The summed E-state index contributed by atoms with van der Waals surface area (Å²) in [6.45, 7) is 7.44. The summed E-state index contributed by atoms with van der Waals surface area (Å²) in [7, 11) is 0. The number of fused-ring (bicyclic) bond motifs is 1. The molecule has 2 rings (SSSR count). The summed E-state index contributed by atoms with van der Waals surface area (Å²) in [6, 6.07) is 6.37. The van der Waals surface area contributed by atoms with E-state index in [2.05, 4.69) is 43.2 Å². The van der Waals surface area contributed by atoms with Gasteiger partial charge in [-0.2, -0.15) is 0 Å². The third-order valence-electron chi connectivity index (χ3n) is 3.00. The lowest BCUT2D eigenvalue weighted by atomic mass is 10.0. The summed E-state index contributed by atoms with van der Waals surface area (Å²) in [4.78, 5) is 4.47. The van der Waals surface area contributed by atoms with Crippen LogP contribution < -0.4 is 5.32 Å². The van der Waals surface area contributed by atoms with E-state index in [1.807, 2.05) is 12.3 Å². The van der Waals surface area contributed by atoms with E-state index in [1.165, 1.54) is 22.2 Å². The molecule has 2 nitrogen and oxygen atoms in total. The van der Waals surface area contributed by atoms with Gasteiger partial charge < -0.3 is 5.32 Å². The number of rotatable bonds is 3. The summed E-state index contributed by atoms with van der Waals surface area (Å²) in [5.41, 5.74) is 4.88. The molecule has 0 spiro atoms. The van der Waals surface area contributed by atoms with Gasteiger partial charge in [-0.3, -0.25) is 4.98 Å². The van der Waals surface area contributed by atoms with Gasteiger partial charge in [0.1, 0.15) is 0 Å². The van der Waals surface area contributed by atoms with E-state index in [0.717, 1.165) is 18.5 Å². The minimum Gasteiger partial charge on any atom is -0.384 e. The Hall–Kier alpha value is -1.57. The van der Waals surface area contributed by atoms with Gasteiger partial charge in [0.15, 0.2) is 0 Å². The fourth-order valence-electron chi connectivity index (χ4n) is 1.87. The first-order valence-electron chi connectivity index (χ1n) is 5.83. The molecule has 0 atom stereocenters. The van der Waals surface area contributed by atoms with Gasteiger partial charge in [0.05, 0.1) is 5.52 Å². The molecule has 0 aliphatic heterocycles. The lowest BCUT2D eigenvalue weighted by Crippen LogP contribution is -2.01. The number of hydrogen-bond acceptors (Lipinski definition) is 2. The average Bonchev–Trinajstić information content (AvgIpc) is 2.31. The van der Waals surface area contributed by atoms with Crippen molar-refractivity contribution in [2.45, 2.75) is 27.2 Å². The third kappa shape index (κ3) is 1.87. The number of aromatic nitrogens is 1. The van der Waals surface area contributed by atoms with Crippen molar-refractivity contribution in [2.24, 2.45) is 0 Å². The lowest BCUT2D eigenvalue weighted by molar-refractivity contribution is 0.981. The van der Waals surface area contributed by atoms with Crippen LogP contribution >= 0.6 is 0 Å². The molecular formula is C14H18N2. The first kappa shape index (κ1) is 10.9. The predicted molar refractivity (Wildman–Crippen MR) is 70.0 cm³/mol. The Morgan fingerprint density at radius 1 is 1.19 bits per heavy atom. The molecular weight excluding hydrogens is 196 g/mol. The van der Waals surface area contributed by atoms with Crippen molar-refractivity contribution < 1.29 is 0 Å². The van der Waals surface area contributed by atoms with Gasteiger partial charge in [-0.1, -0.05) is 19.1 Å². The first-order valence-corrected chi connectivity index (χ1v) is 5.83. The van der Waals surface area contributed by atoms with Crippen LogP contribution in [0.2, 0.25) is 0 Å². The second kappa shape index (κ2) is 4.52. The summed E-state index contributed by atoms with van der Waals surface area (Å²) < 4.78 is 0. The summed E-state index contributed by atoms with van der Waals surface area (Å²) in [5, 5.41) is 4.67. The maximum atomic E-state index is 4.47. The largest absolute Gasteiger partial charge is 0.384 e. The van der Waals surface area contributed by atoms with Gasteiger partial charge in [-0.15, -0.1) is 0 Å². The summed E-state index contributed by atoms with van der Waals surface area (Å²) >= 11 is 0. The molecule has 1 heterocycles. The van der Waals surface area contributed by atoms with Crippen LogP contribution in [-0.4, -0.2) is 11.5 Å². The zero-order valence-corrected chi connectivity index (χ0v) is 10.2. The third-order valence-corrected chi connectivity index (χ3v) is 3.00.